The van der Waals surface area contributed by atoms with E-state index in [1.165, 1.54) is 21.9 Å². The first-order chi connectivity index (χ1) is 25.7. The third-order valence-corrected chi connectivity index (χ3v) is 9.87. The van der Waals surface area contributed by atoms with Gasteiger partial charge in [-0.3, -0.25) is 0 Å². The fourth-order valence-electron chi connectivity index (χ4n) is 7.45. The first kappa shape index (κ1) is 29.6. The van der Waals surface area contributed by atoms with Crippen molar-refractivity contribution in [3.05, 3.63) is 175 Å². The van der Waals surface area contributed by atoms with Gasteiger partial charge in [-0.15, -0.1) is 0 Å². The summed E-state index contributed by atoms with van der Waals surface area (Å²) in [7, 11) is 0. The van der Waals surface area contributed by atoms with Gasteiger partial charge in [-0.2, -0.15) is 5.26 Å². The van der Waals surface area contributed by atoms with Crippen LogP contribution in [0.5, 0.6) is 0 Å². The minimum Gasteiger partial charge on any atom is -0.454 e. The summed E-state index contributed by atoms with van der Waals surface area (Å²) in [6.07, 6.45) is 0. The number of fused-ring (bicyclic) bond motifs is 6. The second-order valence-electron chi connectivity index (χ2n) is 12.9. The molecular weight excluding hydrogens is 637 g/mol. The number of nitriles is 1. The lowest BCUT2D eigenvalue weighted by Gasteiger charge is -2.12. The van der Waals surface area contributed by atoms with Crippen LogP contribution in [-0.4, -0.2) is 14.5 Å². The molecule has 7 aromatic carbocycles. The molecule has 0 aliphatic rings. The summed E-state index contributed by atoms with van der Waals surface area (Å²) in [5, 5.41) is 14.8. The molecule has 5 nitrogen and oxygen atoms in total. The Hall–Kier alpha value is -7.29. The zero-order valence-electron chi connectivity index (χ0n) is 27.9. The van der Waals surface area contributed by atoms with Gasteiger partial charge in [0.2, 0.25) is 0 Å². The van der Waals surface area contributed by atoms with Crippen molar-refractivity contribution >= 4 is 43.7 Å². The average molecular weight is 665 g/mol. The second kappa shape index (κ2) is 11.9. The lowest BCUT2D eigenvalue weighted by atomic mass is 10.00. The van der Waals surface area contributed by atoms with Gasteiger partial charge >= 0.3 is 0 Å². The van der Waals surface area contributed by atoms with Crippen molar-refractivity contribution in [3.63, 3.8) is 0 Å². The molecule has 0 atom stereocenters. The van der Waals surface area contributed by atoms with E-state index >= 15 is 0 Å². The van der Waals surface area contributed by atoms with Crippen molar-refractivity contribution in [1.82, 2.24) is 14.5 Å². The van der Waals surface area contributed by atoms with Gasteiger partial charge in [-0.1, -0.05) is 133 Å². The summed E-state index contributed by atoms with van der Waals surface area (Å²) >= 11 is 0. The summed E-state index contributed by atoms with van der Waals surface area (Å²) in [4.78, 5) is 10.0. The molecule has 0 saturated carbocycles. The van der Waals surface area contributed by atoms with Gasteiger partial charge in [-0.25, -0.2) is 9.97 Å². The van der Waals surface area contributed by atoms with Crippen LogP contribution in [0.4, 0.5) is 0 Å². The quantitative estimate of drug-likeness (QED) is 0.184. The fourth-order valence-corrected chi connectivity index (χ4v) is 7.45. The highest BCUT2D eigenvalue weighted by Gasteiger charge is 2.21. The number of aromatic nitrogens is 3. The van der Waals surface area contributed by atoms with E-state index in [0.717, 1.165) is 55.3 Å². The Morgan fingerprint density at radius 2 is 1.06 bits per heavy atom. The number of hydrogen-bond acceptors (Lipinski definition) is 4. The largest absolute Gasteiger partial charge is 0.454 e. The SMILES string of the molecule is N#Cc1c(-c2ccccc2)nc(-c2ccc3c(c2)oc2c(-n4c5ccccc5c5cc(-c6ccccc6)ccc54)cccc23)nc1-c1ccccc1. The maximum Gasteiger partial charge on any atom is 0.160 e. The summed E-state index contributed by atoms with van der Waals surface area (Å²) in [5.74, 6) is 0.524. The smallest absolute Gasteiger partial charge is 0.160 e. The highest BCUT2D eigenvalue weighted by atomic mass is 16.3. The van der Waals surface area contributed by atoms with Gasteiger partial charge in [-0.05, 0) is 47.5 Å². The number of furan rings is 1. The standard InChI is InChI=1S/C47H28N4O/c48-29-39-44(31-15-6-2-7-16-31)49-47(50-45(39)32-17-8-3-9-18-32)34-23-25-36-37-20-12-22-42(46(37)52-43(36)28-34)51-40-21-11-10-19-35(40)38-27-33(24-26-41(38)51)30-13-4-1-5-14-30/h1-28H. The second-order valence-corrected chi connectivity index (χ2v) is 12.9. The minimum atomic E-state index is 0.442. The van der Waals surface area contributed by atoms with E-state index in [1.807, 2.05) is 78.9 Å². The lowest BCUT2D eigenvalue weighted by molar-refractivity contribution is 0.666. The molecule has 242 valence electrons. The molecule has 3 aromatic heterocycles. The predicted molar refractivity (Wildman–Crippen MR) is 210 cm³/mol. The van der Waals surface area contributed by atoms with Gasteiger partial charge in [0.15, 0.2) is 11.4 Å². The third kappa shape index (κ3) is 4.70. The number of benzene rings is 7. The molecule has 0 aliphatic heterocycles. The summed E-state index contributed by atoms with van der Waals surface area (Å²) < 4.78 is 9.12. The topological polar surface area (TPSA) is 67.6 Å². The Bertz CT molecular complexity index is 2950. The van der Waals surface area contributed by atoms with Crippen LogP contribution in [0.3, 0.4) is 0 Å². The molecule has 0 fully saturated rings. The van der Waals surface area contributed by atoms with E-state index in [9.17, 15) is 5.26 Å². The molecule has 0 radical (unpaired) electrons. The highest BCUT2D eigenvalue weighted by molar-refractivity contribution is 6.13. The molecule has 0 unspecified atom stereocenters. The van der Waals surface area contributed by atoms with Crippen molar-refractivity contribution in [2.75, 3.05) is 0 Å². The first-order valence-corrected chi connectivity index (χ1v) is 17.2. The molecule has 0 amide bonds. The molecule has 0 bridgehead atoms. The lowest BCUT2D eigenvalue weighted by Crippen LogP contribution is -2.01. The predicted octanol–water partition coefficient (Wildman–Crippen LogP) is 12.0. The van der Waals surface area contributed by atoms with Crippen LogP contribution in [0.15, 0.2) is 174 Å². The molecule has 0 N–H and O–H groups in total. The zero-order valence-corrected chi connectivity index (χ0v) is 27.9. The van der Waals surface area contributed by atoms with Crippen molar-refractivity contribution in [2.24, 2.45) is 0 Å². The number of rotatable bonds is 5. The van der Waals surface area contributed by atoms with Crippen LogP contribution >= 0.6 is 0 Å². The summed E-state index contributed by atoms with van der Waals surface area (Å²) in [6.45, 7) is 0. The maximum atomic E-state index is 10.4. The van der Waals surface area contributed by atoms with E-state index < -0.39 is 0 Å². The van der Waals surface area contributed by atoms with Crippen LogP contribution in [0.2, 0.25) is 0 Å². The monoisotopic (exact) mass is 664 g/mol. The maximum absolute atomic E-state index is 10.4. The number of nitrogens with zero attached hydrogens (tertiary/aromatic N) is 4. The Morgan fingerprint density at radius 1 is 0.462 bits per heavy atom. The average Bonchev–Trinajstić information content (AvgIpc) is 3.76. The number of hydrogen-bond donors (Lipinski definition) is 0. The van der Waals surface area contributed by atoms with E-state index in [2.05, 4.69) is 102 Å². The fraction of sp³-hybridized carbons (Fsp3) is 0. The van der Waals surface area contributed by atoms with E-state index in [4.69, 9.17) is 14.4 Å². The van der Waals surface area contributed by atoms with E-state index in [0.29, 0.717) is 22.8 Å². The van der Waals surface area contributed by atoms with Crippen LogP contribution in [0.25, 0.3) is 94.5 Å². The molecule has 52 heavy (non-hydrogen) atoms. The summed E-state index contributed by atoms with van der Waals surface area (Å²) in [6, 6.07) is 60.3. The van der Waals surface area contributed by atoms with Gasteiger partial charge in [0.1, 0.15) is 17.2 Å². The van der Waals surface area contributed by atoms with Gasteiger partial charge in [0.05, 0.1) is 28.1 Å². The van der Waals surface area contributed by atoms with Crippen molar-refractivity contribution in [1.29, 1.82) is 5.26 Å². The Kier molecular flexibility index (Phi) is 6.80. The molecule has 10 rings (SSSR count). The van der Waals surface area contributed by atoms with Crippen LogP contribution in [0, 0.1) is 11.3 Å². The minimum absolute atomic E-state index is 0.442. The van der Waals surface area contributed by atoms with E-state index in [1.54, 1.807) is 0 Å². The number of para-hydroxylation sites is 2. The van der Waals surface area contributed by atoms with Crippen LogP contribution in [-0.2, 0) is 0 Å². The van der Waals surface area contributed by atoms with Gasteiger partial charge < -0.3 is 8.98 Å². The van der Waals surface area contributed by atoms with Gasteiger partial charge in [0.25, 0.3) is 0 Å². The van der Waals surface area contributed by atoms with Crippen molar-refractivity contribution < 1.29 is 4.42 Å². The third-order valence-electron chi connectivity index (χ3n) is 9.87. The van der Waals surface area contributed by atoms with Crippen molar-refractivity contribution in [3.8, 4) is 56.8 Å². The van der Waals surface area contributed by atoms with Crippen LogP contribution < -0.4 is 0 Å². The molecule has 0 spiro atoms. The molecule has 5 heteroatoms. The Morgan fingerprint density at radius 3 is 1.75 bits per heavy atom. The molecular formula is C47H28N4O. The molecule has 3 heterocycles. The molecule has 0 aliphatic carbocycles. The van der Waals surface area contributed by atoms with E-state index in [-0.39, 0.29) is 0 Å². The molecule has 10 aromatic rings. The normalized spacial score (nSPS) is 11.4. The summed E-state index contributed by atoms with van der Waals surface area (Å²) in [5.41, 5.74) is 11.3. The van der Waals surface area contributed by atoms with Gasteiger partial charge in [0, 0.05) is 38.2 Å². The molecule has 0 saturated heterocycles. The van der Waals surface area contributed by atoms with Crippen LogP contribution in [0.1, 0.15) is 5.56 Å². The Labute approximate surface area is 299 Å². The van der Waals surface area contributed by atoms with Crippen molar-refractivity contribution in [2.45, 2.75) is 0 Å². The first-order valence-electron chi connectivity index (χ1n) is 17.2. The zero-order chi connectivity index (χ0) is 34.6. The Balaban J connectivity index is 1.17. The highest BCUT2D eigenvalue weighted by Crippen LogP contribution is 2.40.